The van der Waals surface area contributed by atoms with Crippen molar-refractivity contribution >= 4 is 23.3 Å². The number of carbonyl (C=O) groups excluding carboxylic acids is 1. The molecule has 104 valence electrons. The van der Waals surface area contributed by atoms with Gasteiger partial charge in [-0.3, -0.25) is 0 Å². The van der Waals surface area contributed by atoms with E-state index >= 15 is 0 Å². The Bertz CT molecular complexity index is 402. The van der Waals surface area contributed by atoms with Crippen molar-refractivity contribution < 1.29 is 4.79 Å². The van der Waals surface area contributed by atoms with Crippen LogP contribution in [0.4, 0.5) is 10.5 Å². The summed E-state index contributed by atoms with van der Waals surface area (Å²) < 4.78 is 0. The summed E-state index contributed by atoms with van der Waals surface area (Å²) in [5.74, 6) is 0. The Morgan fingerprint density at radius 1 is 1.21 bits per heavy atom. The standard InChI is InChI=1S/C14H20ClN3O/c15-12-4-6-13(7-5-12)17-14(19)16-8-3-11-18-9-1-2-10-18/h4-7H,1-3,8-11H2,(H2,16,17,19). The van der Waals surface area contributed by atoms with Crippen LogP contribution in [0.3, 0.4) is 0 Å². The molecule has 0 bridgehead atoms. The van der Waals surface area contributed by atoms with Crippen LogP contribution in [0.15, 0.2) is 24.3 Å². The maximum Gasteiger partial charge on any atom is 0.319 e. The Balaban J connectivity index is 1.60. The lowest BCUT2D eigenvalue weighted by molar-refractivity contribution is 0.251. The van der Waals surface area contributed by atoms with Gasteiger partial charge in [-0.25, -0.2) is 4.79 Å². The average molecular weight is 282 g/mol. The number of nitrogens with zero attached hydrogens (tertiary/aromatic N) is 1. The van der Waals surface area contributed by atoms with Crippen LogP contribution in [-0.2, 0) is 0 Å². The van der Waals surface area contributed by atoms with E-state index in [1.165, 1.54) is 25.9 Å². The number of anilines is 1. The lowest BCUT2D eigenvalue weighted by Gasteiger charge is -2.14. The fourth-order valence-corrected chi connectivity index (χ4v) is 2.35. The van der Waals surface area contributed by atoms with E-state index in [0.29, 0.717) is 11.6 Å². The van der Waals surface area contributed by atoms with Crippen LogP contribution in [0.5, 0.6) is 0 Å². The minimum atomic E-state index is -0.163. The minimum absolute atomic E-state index is 0.163. The molecule has 1 aromatic carbocycles. The van der Waals surface area contributed by atoms with Crippen molar-refractivity contribution in [3.63, 3.8) is 0 Å². The molecule has 0 atom stereocenters. The topological polar surface area (TPSA) is 44.4 Å². The second-order valence-electron chi connectivity index (χ2n) is 4.79. The summed E-state index contributed by atoms with van der Waals surface area (Å²) >= 11 is 5.78. The second kappa shape index (κ2) is 7.36. The van der Waals surface area contributed by atoms with E-state index in [1.807, 2.05) is 0 Å². The molecular formula is C14H20ClN3O. The number of urea groups is 1. The molecule has 4 nitrogen and oxygen atoms in total. The van der Waals surface area contributed by atoms with Crippen molar-refractivity contribution in [2.45, 2.75) is 19.3 Å². The van der Waals surface area contributed by atoms with Crippen molar-refractivity contribution in [1.82, 2.24) is 10.2 Å². The molecule has 5 heteroatoms. The van der Waals surface area contributed by atoms with E-state index in [1.54, 1.807) is 24.3 Å². The summed E-state index contributed by atoms with van der Waals surface area (Å²) in [6, 6.07) is 6.91. The smallest absolute Gasteiger partial charge is 0.319 e. The molecular weight excluding hydrogens is 262 g/mol. The predicted octanol–water partition coefficient (Wildman–Crippen LogP) is 2.95. The summed E-state index contributed by atoms with van der Waals surface area (Å²) in [5, 5.41) is 6.30. The molecule has 1 saturated heterocycles. The van der Waals surface area contributed by atoms with Gasteiger partial charge in [-0.05, 0) is 63.2 Å². The first kappa shape index (κ1) is 14.2. The van der Waals surface area contributed by atoms with Crippen LogP contribution in [0.2, 0.25) is 5.02 Å². The van der Waals surface area contributed by atoms with Gasteiger partial charge in [-0.1, -0.05) is 11.6 Å². The largest absolute Gasteiger partial charge is 0.338 e. The van der Waals surface area contributed by atoms with Crippen molar-refractivity contribution in [2.24, 2.45) is 0 Å². The Hall–Kier alpha value is -1.26. The fraction of sp³-hybridized carbons (Fsp3) is 0.500. The van der Waals surface area contributed by atoms with Crippen molar-refractivity contribution in [1.29, 1.82) is 0 Å². The van der Waals surface area contributed by atoms with Crippen molar-refractivity contribution in [3.05, 3.63) is 29.3 Å². The van der Waals surface area contributed by atoms with Crippen LogP contribution < -0.4 is 10.6 Å². The Morgan fingerprint density at radius 3 is 2.58 bits per heavy atom. The number of likely N-dealkylation sites (tertiary alicyclic amines) is 1. The number of carbonyl (C=O) groups is 1. The van der Waals surface area contributed by atoms with Gasteiger partial charge in [0.2, 0.25) is 0 Å². The second-order valence-corrected chi connectivity index (χ2v) is 5.23. The molecule has 1 aliphatic heterocycles. The highest BCUT2D eigenvalue weighted by Gasteiger charge is 2.10. The third kappa shape index (κ3) is 5.09. The highest BCUT2D eigenvalue weighted by molar-refractivity contribution is 6.30. The molecule has 2 amide bonds. The number of amides is 2. The van der Waals surface area contributed by atoms with Gasteiger partial charge in [0.1, 0.15) is 0 Å². The third-order valence-electron chi connectivity index (χ3n) is 3.24. The zero-order valence-electron chi connectivity index (χ0n) is 11.0. The molecule has 0 unspecified atom stereocenters. The van der Waals surface area contributed by atoms with Gasteiger partial charge in [0.05, 0.1) is 0 Å². The number of hydrogen-bond donors (Lipinski definition) is 2. The summed E-state index contributed by atoms with van der Waals surface area (Å²) in [6.45, 7) is 4.19. The highest BCUT2D eigenvalue weighted by Crippen LogP contribution is 2.13. The highest BCUT2D eigenvalue weighted by atomic mass is 35.5. The molecule has 2 N–H and O–H groups in total. The van der Waals surface area contributed by atoms with E-state index in [4.69, 9.17) is 11.6 Å². The van der Waals surface area contributed by atoms with E-state index < -0.39 is 0 Å². The zero-order valence-corrected chi connectivity index (χ0v) is 11.7. The number of benzene rings is 1. The molecule has 0 spiro atoms. The number of halogens is 1. The molecule has 0 aromatic heterocycles. The third-order valence-corrected chi connectivity index (χ3v) is 3.49. The van der Waals surface area contributed by atoms with Crippen LogP contribution in [0.1, 0.15) is 19.3 Å². The molecule has 1 aliphatic rings. The Morgan fingerprint density at radius 2 is 1.89 bits per heavy atom. The number of hydrogen-bond acceptors (Lipinski definition) is 2. The van der Waals surface area contributed by atoms with Crippen LogP contribution in [0.25, 0.3) is 0 Å². The fourth-order valence-electron chi connectivity index (χ4n) is 2.22. The summed E-state index contributed by atoms with van der Waals surface area (Å²) in [7, 11) is 0. The maximum absolute atomic E-state index is 11.6. The molecule has 2 rings (SSSR count). The zero-order chi connectivity index (χ0) is 13.5. The molecule has 19 heavy (non-hydrogen) atoms. The van der Waals surface area contributed by atoms with Gasteiger partial charge < -0.3 is 15.5 Å². The quantitative estimate of drug-likeness (QED) is 0.815. The first-order valence-electron chi connectivity index (χ1n) is 6.77. The first-order valence-corrected chi connectivity index (χ1v) is 7.14. The monoisotopic (exact) mass is 281 g/mol. The van der Waals surface area contributed by atoms with E-state index in [-0.39, 0.29) is 6.03 Å². The molecule has 1 fully saturated rings. The predicted molar refractivity (Wildman–Crippen MR) is 78.8 cm³/mol. The Kier molecular flexibility index (Phi) is 5.48. The number of rotatable bonds is 5. The number of nitrogens with one attached hydrogen (secondary N) is 2. The van der Waals surface area contributed by atoms with Crippen LogP contribution in [-0.4, -0.2) is 37.1 Å². The molecule has 0 aliphatic carbocycles. The van der Waals surface area contributed by atoms with Gasteiger partial charge in [-0.15, -0.1) is 0 Å². The van der Waals surface area contributed by atoms with Gasteiger partial charge in [0.25, 0.3) is 0 Å². The summed E-state index contributed by atoms with van der Waals surface area (Å²) in [6.07, 6.45) is 3.61. The maximum atomic E-state index is 11.6. The Labute approximate surface area is 119 Å². The lowest BCUT2D eigenvalue weighted by atomic mass is 10.3. The molecule has 0 saturated carbocycles. The molecule has 0 radical (unpaired) electrons. The SMILES string of the molecule is O=C(NCCCN1CCCC1)Nc1ccc(Cl)cc1. The lowest BCUT2D eigenvalue weighted by Crippen LogP contribution is -2.31. The van der Waals surface area contributed by atoms with Gasteiger partial charge in [0.15, 0.2) is 0 Å². The average Bonchev–Trinajstić information content (AvgIpc) is 2.91. The molecule has 1 heterocycles. The summed E-state index contributed by atoms with van der Waals surface area (Å²) in [4.78, 5) is 14.1. The molecule has 1 aromatic rings. The van der Waals surface area contributed by atoms with Gasteiger partial charge >= 0.3 is 6.03 Å². The van der Waals surface area contributed by atoms with Crippen molar-refractivity contribution in [3.8, 4) is 0 Å². The van der Waals surface area contributed by atoms with E-state index in [2.05, 4.69) is 15.5 Å². The van der Waals surface area contributed by atoms with Crippen LogP contribution in [0, 0.1) is 0 Å². The van der Waals surface area contributed by atoms with E-state index in [9.17, 15) is 4.79 Å². The van der Waals surface area contributed by atoms with Gasteiger partial charge in [-0.2, -0.15) is 0 Å². The van der Waals surface area contributed by atoms with E-state index in [0.717, 1.165) is 18.7 Å². The first-order chi connectivity index (χ1) is 9.24. The normalized spacial score (nSPS) is 15.4. The van der Waals surface area contributed by atoms with Crippen molar-refractivity contribution in [2.75, 3.05) is 31.5 Å². The summed E-state index contributed by atoms with van der Waals surface area (Å²) in [5.41, 5.74) is 0.751. The minimum Gasteiger partial charge on any atom is -0.338 e. The van der Waals surface area contributed by atoms with Gasteiger partial charge in [0, 0.05) is 17.3 Å². The van der Waals surface area contributed by atoms with Crippen LogP contribution >= 0.6 is 11.6 Å².